The number of halogens is 2. The third kappa shape index (κ3) is 4.70. The summed E-state index contributed by atoms with van der Waals surface area (Å²) in [6.45, 7) is 0.765. The fraction of sp³-hybridized carbons (Fsp3) is 0.167. The van der Waals surface area contributed by atoms with Crippen LogP contribution in [0.4, 0.5) is 10.1 Å². The summed E-state index contributed by atoms with van der Waals surface area (Å²) < 4.78 is 21.5. The van der Waals surface area contributed by atoms with Crippen molar-refractivity contribution in [2.45, 2.75) is 6.42 Å². The Morgan fingerprint density at radius 2 is 1.81 bits per heavy atom. The third-order valence-electron chi connectivity index (χ3n) is 5.07. The van der Waals surface area contributed by atoms with Crippen LogP contribution in [-0.4, -0.2) is 35.2 Å². The summed E-state index contributed by atoms with van der Waals surface area (Å²) in [7, 11) is 3.60. The molecule has 0 radical (unpaired) electrons. The Morgan fingerprint density at radius 3 is 2.52 bits per heavy atom. The van der Waals surface area contributed by atoms with Crippen LogP contribution in [0.25, 0.3) is 17.1 Å². The van der Waals surface area contributed by atoms with Gasteiger partial charge in [-0.05, 0) is 54.6 Å². The van der Waals surface area contributed by atoms with Gasteiger partial charge in [-0.2, -0.15) is 0 Å². The smallest absolute Gasteiger partial charge is 0.148 e. The maximum atomic E-state index is 14.1. The van der Waals surface area contributed by atoms with E-state index < -0.39 is 0 Å². The molecule has 5 nitrogen and oxygen atoms in total. The first-order chi connectivity index (χ1) is 15.0. The Hall–Kier alpha value is -3.38. The van der Waals surface area contributed by atoms with E-state index in [9.17, 15) is 4.39 Å². The van der Waals surface area contributed by atoms with Crippen molar-refractivity contribution in [1.82, 2.24) is 14.5 Å². The van der Waals surface area contributed by atoms with E-state index >= 15 is 0 Å². The number of benzene rings is 2. The molecule has 0 saturated heterocycles. The molecule has 0 aliphatic rings. The average molecular weight is 437 g/mol. The van der Waals surface area contributed by atoms with Crippen LogP contribution in [0.2, 0.25) is 5.02 Å². The van der Waals surface area contributed by atoms with Gasteiger partial charge in [0.1, 0.15) is 17.4 Å². The minimum absolute atomic E-state index is 0.347. The van der Waals surface area contributed by atoms with E-state index in [2.05, 4.69) is 9.88 Å². The summed E-state index contributed by atoms with van der Waals surface area (Å²) in [5.74, 6) is 0.823. The first kappa shape index (κ1) is 20.9. The van der Waals surface area contributed by atoms with Crippen molar-refractivity contribution in [3.05, 3.63) is 89.7 Å². The van der Waals surface area contributed by atoms with Crippen molar-refractivity contribution in [3.8, 4) is 22.8 Å². The van der Waals surface area contributed by atoms with Gasteiger partial charge in [0.15, 0.2) is 0 Å². The summed E-state index contributed by atoms with van der Waals surface area (Å²) >= 11 is 6.07. The van der Waals surface area contributed by atoms with Gasteiger partial charge in [0.05, 0.1) is 18.4 Å². The van der Waals surface area contributed by atoms with Crippen molar-refractivity contribution in [2.24, 2.45) is 0 Å². The number of anilines is 1. The highest BCUT2D eigenvalue weighted by atomic mass is 35.5. The molecule has 4 aromatic rings. The van der Waals surface area contributed by atoms with Gasteiger partial charge in [0.2, 0.25) is 0 Å². The summed E-state index contributed by atoms with van der Waals surface area (Å²) in [6.07, 6.45) is 6.23. The zero-order valence-electron chi connectivity index (χ0n) is 17.3. The monoisotopic (exact) mass is 436 g/mol. The number of nitrogens with zero attached hydrogens (tertiary/aromatic N) is 4. The van der Waals surface area contributed by atoms with Gasteiger partial charge in [-0.25, -0.2) is 9.37 Å². The van der Waals surface area contributed by atoms with Gasteiger partial charge < -0.3 is 9.64 Å². The Morgan fingerprint density at radius 1 is 1.06 bits per heavy atom. The van der Waals surface area contributed by atoms with Crippen molar-refractivity contribution in [1.29, 1.82) is 0 Å². The van der Waals surface area contributed by atoms with Gasteiger partial charge >= 0.3 is 0 Å². The van der Waals surface area contributed by atoms with Gasteiger partial charge in [-0.15, -0.1) is 0 Å². The lowest BCUT2D eigenvalue weighted by atomic mass is 10.1. The molecule has 0 aliphatic carbocycles. The van der Waals surface area contributed by atoms with E-state index in [1.54, 1.807) is 25.6 Å². The SMILES string of the molecule is COc1ccc(F)cc1-c1nc(CCN(C)c2ccncc2)cn1-c1ccc(Cl)cc1. The molecule has 0 saturated carbocycles. The summed E-state index contributed by atoms with van der Waals surface area (Å²) in [4.78, 5) is 11.0. The molecule has 31 heavy (non-hydrogen) atoms. The quantitative estimate of drug-likeness (QED) is 0.388. The summed E-state index contributed by atoms with van der Waals surface area (Å²) in [6, 6.07) is 15.8. The van der Waals surface area contributed by atoms with Crippen molar-refractivity contribution in [2.75, 3.05) is 25.6 Å². The van der Waals surface area contributed by atoms with Gasteiger partial charge in [0, 0.05) is 55.0 Å². The third-order valence-corrected chi connectivity index (χ3v) is 5.32. The molecule has 0 atom stereocenters. The van der Waals surface area contributed by atoms with E-state index in [0.29, 0.717) is 28.6 Å². The predicted octanol–water partition coefficient (Wildman–Crippen LogP) is 5.41. The topological polar surface area (TPSA) is 43.2 Å². The van der Waals surface area contributed by atoms with Crippen LogP contribution >= 0.6 is 11.6 Å². The predicted molar refractivity (Wildman–Crippen MR) is 122 cm³/mol. The zero-order chi connectivity index (χ0) is 21.8. The maximum absolute atomic E-state index is 14.1. The van der Waals surface area contributed by atoms with Crippen LogP contribution in [-0.2, 0) is 6.42 Å². The van der Waals surface area contributed by atoms with Crippen molar-refractivity contribution < 1.29 is 9.13 Å². The summed E-state index contributed by atoms with van der Waals surface area (Å²) in [5, 5.41) is 0.646. The number of rotatable bonds is 7. The van der Waals surface area contributed by atoms with Crippen LogP contribution < -0.4 is 9.64 Å². The maximum Gasteiger partial charge on any atom is 0.148 e. The van der Waals surface area contributed by atoms with E-state index in [1.165, 1.54) is 12.1 Å². The summed E-state index contributed by atoms with van der Waals surface area (Å²) in [5.41, 5.74) is 3.44. The number of ether oxygens (including phenoxy) is 1. The van der Waals surface area contributed by atoms with Crippen LogP contribution in [0, 0.1) is 5.82 Å². The fourth-order valence-corrected chi connectivity index (χ4v) is 3.53. The molecular formula is C24H22ClFN4O. The number of likely N-dealkylation sites (N-methyl/N-ethyl adjacent to an activating group) is 1. The molecular weight excluding hydrogens is 415 g/mol. The lowest BCUT2D eigenvalue weighted by molar-refractivity contribution is 0.415. The molecule has 0 amide bonds. The first-order valence-electron chi connectivity index (χ1n) is 9.84. The number of hydrogen-bond donors (Lipinski definition) is 0. The Kier molecular flexibility index (Phi) is 6.18. The minimum atomic E-state index is -0.347. The molecule has 2 heterocycles. The minimum Gasteiger partial charge on any atom is -0.496 e. The molecule has 0 unspecified atom stereocenters. The number of pyridine rings is 1. The highest BCUT2D eigenvalue weighted by molar-refractivity contribution is 6.30. The zero-order valence-corrected chi connectivity index (χ0v) is 18.1. The molecule has 7 heteroatoms. The number of hydrogen-bond acceptors (Lipinski definition) is 4. The van der Waals surface area contributed by atoms with Crippen molar-refractivity contribution >= 4 is 17.3 Å². The van der Waals surface area contributed by atoms with Crippen LogP contribution in [0.5, 0.6) is 5.75 Å². The molecule has 0 spiro atoms. The molecule has 0 N–H and O–H groups in total. The van der Waals surface area contributed by atoms with Crippen molar-refractivity contribution in [3.63, 3.8) is 0 Å². The van der Waals surface area contributed by atoms with Crippen LogP contribution in [0.3, 0.4) is 0 Å². The van der Waals surface area contributed by atoms with Gasteiger partial charge in [0.25, 0.3) is 0 Å². The number of methoxy groups -OCH3 is 1. The second-order valence-corrected chi connectivity index (χ2v) is 7.56. The second kappa shape index (κ2) is 9.18. The largest absolute Gasteiger partial charge is 0.496 e. The molecule has 0 bridgehead atoms. The van der Waals surface area contributed by atoms with E-state index in [-0.39, 0.29) is 5.82 Å². The average Bonchev–Trinajstić information content (AvgIpc) is 3.22. The first-order valence-corrected chi connectivity index (χ1v) is 10.2. The Balaban J connectivity index is 1.71. The highest BCUT2D eigenvalue weighted by Gasteiger charge is 2.17. The number of aromatic nitrogens is 3. The second-order valence-electron chi connectivity index (χ2n) is 7.12. The lowest BCUT2D eigenvalue weighted by Gasteiger charge is -2.18. The van der Waals surface area contributed by atoms with Gasteiger partial charge in [-0.1, -0.05) is 11.6 Å². The molecule has 2 aromatic heterocycles. The highest BCUT2D eigenvalue weighted by Crippen LogP contribution is 2.32. The van der Waals surface area contributed by atoms with E-state index in [0.717, 1.165) is 23.6 Å². The Bertz CT molecular complexity index is 1160. The molecule has 158 valence electrons. The van der Waals surface area contributed by atoms with E-state index in [4.69, 9.17) is 21.3 Å². The Labute approximate surface area is 185 Å². The molecule has 0 aliphatic heterocycles. The lowest BCUT2D eigenvalue weighted by Crippen LogP contribution is -2.20. The van der Waals surface area contributed by atoms with Gasteiger partial charge in [-0.3, -0.25) is 9.55 Å². The van der Waals surface area contributed by atoms with Crippen LogP contribution in [0.1, 0.15) is 5.69 Å². The molecule has 2 aromatic carbocycles. The number of imidazole rings is 1. The normalized spacial score (nSPS) is 10.8. The van der Waals surface area contributed by atoms with E-state index in [1.807, 2.05) is 54.2 Å². The standard InChI is InChI=1S/C24H22ClFN4O/c1-29(20-9-12-27-13-10-20)14-11-19-16-30(21-6-3-17(25)4-7-21)24(28-19)22-15-18(26)5-8-23(22)31-2/h3-10,12-13,15-16H,11,14H2,1-2H3. The molecule has 0 fully saturated rings. The fourth-order valence-electron chi connectivity index (χ4n) is 3.40. The molecule has 4 rings (SSSR count). The van der Waals surface area contributed by atoms with Crippen LogP contribution in [0.15, 0.2) is 73.2 Å².